The van der Waals surface area contributed by atoms with E-state index in [4.69, 9.17) is 9.47 Å². The van der Waals surface area contributed by atoms with Crippen molar-refractivity contribution in [2.45, 2.75) is 39.0 Å². The molecule has 7 nitrogen and oxygen atoms in total. The van der Waals surface area contributed by atoms with Gasteiger partial charge in [0.1, 0.15) is 24.1 Å². The Bertz CT molecular complexity index is 1730. The average Bonchev–Trinajstić information content (AvgIpc) is 3.49. The number of nitrogens with zero attached hydrogens (tertiary/aromatic N) is 3. The van der Waals surface area contributed by atoms with E-state index < -0.39 is 17.6 Å². The molecule has 40 heavy (non-hydrogen) atoms. The van der Waals surface area contributed by atoms with Crippen molar-refractivity contribution in [2.24, 2.45) is 0 Å². The number of pyridine rings is 1. The van der Waals surface area contributed by atoms with Gasteiger partial charge < -0.3 is 19.1 Å². The minimum absolute atomic E-state index is 0.0175. The van der Waals surface area contributed by atoms with Gasteiger partial charge in [0.25, 0.3) is 0 Å². The Morgan fingerprint density at radius 1 is 1.12 bits per heavy atom. The van der Waals surface area contributed by atoms with Gasteiger partial charge in [-0.15, -0.1) is 11.3 Å². The molecule has 1 aliphatic heterocycles. The number of aromatic nitrogens is 3. The number of carboxylic acid groups (broad SMARTS) is 1. The lowest BCUT2D eigenvalue weighted by molar-refractivity contribution is -0.0589. The molecule has 2 aromatic carbocycles. The molecule has 0 unspecified atom stereocenters. The summed E-state index contributed by atoms with van der Waals surface area (Å²) < 4.78 is 44.0. The summed E-state index contributed by atoms with van der Waals surface area (Å²) in [5.74, 6) is -1.45. The highest BCUT2D eigenvalue weighted by Gasteiger charge is 2.23. The molecular weight excluding hydrogens is 536 g/mol. The highest BCUT2D eigenvalue weighted by molar-refractivity contribution is 7.11. The van der Waals surface area contributed by atoms with Gasteiger partial charge in [0.15, 0.2) is 0 Å². The highest BCUT2D eigenvalue weighted by Crippen LogP contribution is 2.29. The summed E-state index contributed by atoms with van der Waals surface area (Å²) in [6, 6.07) is 15.9. The van der Waals surface area contributed by atoms with Gasteiger partial charge in [-0.1, -0.05) is 6.07 Å². The van der Waals surface area contributed by atoms with Crippen molar-refractivity contribution < 1.29 is 28.2 Å². The third kappa shape index (κ3) is 5.32. The van der Waals surface area contributed by atoms with Crippen molar-refractivity contribution >= 4 is 28.3 Å². The number of benzene rings is 2. The first-order valence-electron chi connectivity index (χ1n) is 12.8. The first kappa shape index (κ1) is 26.1. The second-order valence-corrected chi connectivity index (χ2v) is 11.1. The monoisotopic (exact) mass is 561 g/mol. The first-order chi connectivity index (χ1) is 19.3. The van der Waals surface area contributed by atoms with Gasteiger partial charge in [-0.25, -0.2) is 23.5 Å². The molecule has 0 radical (unpaired) electrons. The minimum atomic E-state index is -1.05. The Kier molecular flexibility index (Phi) is 7.03. The lowest BCUT2D eigenvalue weighted by Gasteiger charge is -2.27. The highest BCUT2D eigenvalue weighted by atomic mass is 32.1. The van der Waals surface area contributed by atoms with Gasteiger partial charge in [0.2, 0.25) is 5.88 Å². The predicted octanol–water partition coefficient (Wildman–Crippen LogP) is 6.40. The number of halogens is 2. The van der Waals surface area contributed by atoms with Crippen molar-refractivity contribution in [3.63, 3.8) is 0 Å². The molecule has 1 N–H and O–H groups in total. The van der Waals surface area contributed by atoms with E-state index in [0.717, 1.165) is 17.4 Å². The van der Waals surface area contributed by atoms with E-state index in [0.29, 0.717) is 42.5 Å². The molecule has 3 aromatic heterocycles. The van der Waals surface area contributed by atoms with Crippen LogP contribution in [0.5, 0.6) is 5.88 Å². The number of ether oxygens (including phenoxy) is 2. The molecule has 1 atom stereocenters. The minimum Gasteiger partial charge on any atom is -0.478 e. The maximum atomic E-state index is 15.4. The molecule has 1 fully saturated rings. The van der Waals surface area contributed by atoms with Gasteiger partial charge in [-0.2, -0.15) is 0 Å². The summed E-state index contributed by atoms with van der Waals surface area (Å²) in [5.41, 5.74) is 1.74. The van der Waals surface area contributed by atoms with Crippen LogP contribution in [0.4, 0.5) is 8.78 Å². The average molecular weight is 562 g/mol. The van der Waals surface area contributed by atoms with E-state index >= 15 is 8.78 Å². The first-order valence-corrected chi connectivity index (χ1v) is 13.6. The summed E-state index contributed by atoms with van der Waals surface area (Å²) in [5, 5.41) is 9.45. The standard InChI is InChI=1S/C30H25F2N3O4S/c1-17-5-7-21(40-17)16-39-29-4-2-3-25(34-29)22-14-23(31)19(11-24(22)32)13-28-33-26-8-6-18(30(36)37)12-27(26)35(28)15-20-9-10-38-20/h2-8,11-12,14,20H,9-10,13,15-16H2,1H3,(H,36,37)/t20-/m0/s1. The molecular formula is C30H25F2N3O4S. The summed E-state index contributed by atoms with van der Waals surface area (Å²) in [6.07, 6.45) is 0.833. The van der Waals surface area contributed by atoms with Gasteiger partial charge >= 0.3 is 5.97 Å². The topological polar surface area (TPSA) is 86.5 Å². The maximum absolute atomic E-state index is 15.4. The molecule has 0 bridgehead atoms. The van der Waals surface area contributed by atoms with Crippen LogP contribution in [-0.2, 0) is 24.3 Å². The van der Waals surface area contributed by atoms with E-state index in [1.807, 2.05) is 23.6 Å². The van der Waals surface area contributed by atoms with E-state index in [9.17, 15) is 9.90 Å². The smallest absolute Gasteiger partial charge is 0.335 e. The zero-order valence-corrected chi connectivity index (χ0v) is 22.4. The lowest BCUT2D eigenvalue weighted by atomic mass is 10.0. The SMILES string of the molecule is Cc1ccc(COc2cccc(-c3cc(F)c(Cc4nc5ccc(C(=O)O)cc5n4C[C@@H]4CCO4)cc3F)n2)s1. The molecule has 0 spiro atoms. The Labute approximate surface area is 232 Å². The molecule has 6 rings (SSSR count). The third-order valence-electron chi connectivity index (χ3n) is 6.90. The summed E-state index contributed by atoms with van der Waals surface area (Å²) in [7, 11) is 0. The molecule has 4 heterocycles. The Morgan fingerprint density at radius 3 is 2.70 bits per heavy atom. The Morgan fingerprint density at radius 2 is 1.98 bits per heavy atom. The van der Waals surface area contributed by atoms with E-state index in [1.165, 1.54) is 17.0 Å². The normalized spacial score (nSPS) is 14.8. The number of fused-ring (bicyclic) bond motifs is 1. The van der Waals surface area contributed by atoms with Crippen LogP contribution >= 0.6 is 11.3 Å². The number of aromatic carboxylic acids is 1. The van der Waals surface area contributed by atoms with Crippen LogP contribution < -0.4 is 4.74 Å². The van der Waals surface area contributed by atoms with Crippen LogP contribution in [-0.4, -0.2) is 38.3 Å². The van der Waals surface area contributed by atoms with E-state index in [-0.39, 0.29) is 34.9 Å². The van der Waals surface area contributed by atoms with Crippen LogP contribution in [0.2, 0.25) is 0 Å². The Hall–Kier alpha value is -4.15. The fourth-order valence-electron chi connectivity index (χ4n) is 4.72. The van der Waals surface area contributed by atoms with Crippen LogP contribution in [0, 0.1) is 18.6 Å². The van der Waals surface area contributed by atoms with E-state index in [1.54, 1.807) is 41.7 Å². The predicted molar refractivity (Wildman–Crippen MR) is 147 cm³/mol. The molecule has 204 valence electrons. The molecule has 0 saturated carbocycles. The molecule has 0 aliphatic carbocycles. The number of aryl methyl sites for hydroxylation is 1. The van der Waals surface area contributed by atoms with Crippen molar-refractivity contribution in [1.29, 1.82) is 0 Å². The van der Waals surface area contributed by atoms with Crippen molar-refractivity contribution in [3.05, 3.63) is 99.0 Å². The summed E-state index contributed by atoms with van der Waals surface area (Å²) in [6.45, 7) is 3.45. The molecule has 5 aromatic rings. The van der Waals surface area contributed by atoms with Crippen LogP contribution in [0.15, 0.2) is 60.7 Å². The fourth-order valence-corrected chi connectivity index (χ4v) is 5.52. The van der Waals surface area contributed by atoms with Crippen LogP contribution in [0.1, 0.15) is 37.9 Å². The lowest BCUT2D eigenvalue weighted by Crippen LogP contribution is -2.31. The number of carboxylic acids is 1. The van der Waals surface area contributed by atoms with Gasteiger partial charge in [0, 0.05) is 34.4 Å². The van der Waals surface area contributed by atoms with Crippen molar-refractivity contribution in [2.75, 3.05) is 6.61 Å². The number of thiophene rings is 1. The Balaban J connectivity index is 1.28. The number of hydrogen-bond donors (Lipinski definition) is 1. The number of rotatable bonds is 9. The summed E-state index contributed by atoms with van der Waals surface area (Å²) in [4.78, 5) is 22.8. The zero-order valence-electron chi connectivity index (χ0n) is 21.6. The second kappa shape index (κ2) is 10.8. The van der Waals surface area contributed by atoms with Crippen molar-refractivity contribution in [1.82, 2.24) is 14.5 Å². The van der Waals surface area contributed by atoms with Crippen LogP contribution in [0.3, 0.4) is 0 Å². The van der Waals surface area contributed by atoms with Gasteiger partial charge in [-0.05, 0) is 67.4 Å². The molecule has 1 aliphatic rings. The molecule has 0 amide bonds. The molecule has 10 heteroatoms. The molecule has 1 saturated heterocycles. The fraction of sp³-hybridized carbons (Fsp3) is 0.233. The maximum Gasteiger partial charge on any atom is 0.335 e. The van der Waals surface area contributed by atoms with Gasteiger partial charge in [0.05, 0.1) is 34.9 Å². The quantitative estimate of drug-likeness (QED) is 0.224. The number of hydrogen-bond acceptors (Lipinski definition) is 6. The zero-order chi connectivity index (χ0) is 27.8. The summed E-state index contributed by atoms with van der Waals surface area (Å²) >= 11 is 1.62. The second-order valence-electron chi connectivity index (χ2n) is 9.69. The number of imidazole rings is 1. The van der Waals surface area contributed by atoms with Gasteiger partial charge in [-0.3, -0.25) is 0 Å². The third-order valence-corrected chi connectivity index (χ3v) is 7.87. The van der Waals surface area contributed by atoms with E-state index in [2.05, 4.69) is 9.97 Å². The number of carbonyl (C=O) groups is 1. The van der Waals surface area contributed by atoms with Crippen molar-refractivity contribution in [3.8, 4) is 17.1 Å². The van der Waals surface area contributed by atoms with Crippen LogP contribution in [0.25, 0.3) is 22.3 Å². The largest absolute Gasteiger partial charge is 0.478 e.